The van der Waals surface area contributed by atoms with Crippen LogP contribution in [0, 0.1) is 12.7 Å². The van der Waals surface area contributed by atoms with E-state index in [1.807, 2.05) is 6.07 Å². The first-order chi connectivity index (χ1) is 6.24. The molecule has 1 heterocycles. The van der Waals surface area contributed by atoms with Gasteiger partial charge in [0.25, 0.3) is 0 Å². The quantitative estimate of drug-likeness (QED) is 0.715. The second-order valence-electron chi connectivity index (χ2n) is 2.95. The van der Waals surface area contributed by atoms with Gasteiger partial charge in [-0.3, -0.25) is 0 Å². The van der Waals surface area contributed by atoms with Crippen LogP contribution in [0.3, 0.4) is 0 Å². The molecule has 0 saturated carbocycles. The maximum absolute atomic E-state index is 13.3. The molecule has 0 radical (unpaired) electrons. The van der Waals surface area contributed by atoms with Crippen molar-refractivity contribution in [1.29, 1.82) is 0 Å². The molecular formula is C10H10FNO. The summed E-state index contributed by atoms with van der Waals surface area (Å²) in [5.41, 5.74) is 1.43. The highest BCUT2D eigenvalue weighted by Gasteiger charge is 2.09. The van der Waals surface area contributed by atoms with Crippen molar-refractivity contribution in [3.8, 4) is 5.75 Å². The number of methoxy groups -OCH3 is 1. The number of H-pyrrole nitrogens is 1. The van der Waals surface area contributed by atoms with Gasteiger partial charge in [0.2, 0.25) is 0 Å². The topological polar surface area (TPSA) is 25.0 Å². The summed E-state index contributed by atoms with van der Waals surface area (Å²) in [6.45, 7) is 1.74. The summed E-state index contributed by atoms with van der Waals surface area (Å²) in [6.07, 6.45) is 1.78. The van der Waals surface area contributed by atoms with Gasteiger partial charge in [0.05, 0.1) is 12.6 Å². The van der Waals surface area contributed by atoms with E-state index in [4.69, 9.17) is 4.74 Å². The number of ether oxygens (including phenoxy) is 1. The fourth-order valence-electron chi connectivity index (χ4n) is 1.47. The Hall–Kier alpha value is -1.51. The fourth-order valence-corrected chi connectivity index (χ4v) is 1.47. The molecule has 2 aromatic rings. The summed E-state index contributed by atoms with van der Waals surface area (Å²) in [6, 6.07) is 3.28. The van der Waals surface area contributed by atoms with Crippen molar-refractivity contribution < 1.29 is 9.13 Å². The number of aromatic amines is 1. The number of fused-ring (bicyclic) bond motifs is 1. The normalized spacial score (nSPS) is 10.7. The van der Waals surface area contributed by atoms with Crippen LogP contribution in [-0.4, -0.2) is 12.1 Å². The fraction of sp³-hybridized carbons (Fsp3) is 0.200. The molecule has 0 aliphatic carbocycles. The van der Waals surface area contributed by atoms with Gasteiger partial charge in [-0.15, -0.1) is 0 Å². The number of hydrogen-bond donors (Lipinski definition) is 1. The monoisotopic (exact) mass is 179 g/mol. The predicted octanol–water partition coefficient (Wildman–Crippen LogP) is 2.62. The van der Waals surface area contributed by atoms with Gasteiger partial charge in [-0.1, -0.05) is 0 Å². The Morgan fingerprint density at radius 3 is 2.92 bits per heavy atom. The van der Waals surface area contributed by atoms with E-state index in [0.29, 0.717) is 11.3 Å². The van der Waals surface area contributed by atoms with Gasteiger partial charge in [0.15, 0.2) is 0 Å². The Bertz CT molecular complexity index is 447. The van der Waals surface area contributed by atoms with Crippen molar-refractivity contribution in [2.24, 2.45) is 0 Å². The third-order valence-electron chi connectivity index (χ3n) is 2.22. The molecule has 2 nitrogen and oxygen atoms in total. The SMILES string of the molecule is COc1cc(F)c(C)c2[nH]ccc12. The Labute approximate surface area is 75.3 Å². The Morgan fingerprint density at radius 2 is 2.23 bits per heavy atom. The van der Waals surface area contributed by atoms with Gasteiger partial charge < -0.3 is 9.72 Å². The third-order valence-corrected chi connectivity index (χ3v) is 2.22. The van der Waals surface area contributed by atoms with Crippen LogP contribution in [-0.2, 0) is 0 Å². The van der Waals surface area contributed by atoms with E-state index in [0.717, 1.165) is 10.9 Å². The number of rotatable bonds is 1. The number of aromatic nitrogens is 1. The zero-order valence-corrected chi connectivity index (χ0v) is 7.52. The molecule has 0 aliphatic rings. The molecule has 0 bridgehead atoms. The smallest absolute Gasteiger partial charge is 0.131 e. The lowest BCUT2D eigenvalue weighted by molar-refractivity contribution is 0.416. The number of halogens is 1. The van der Waals surface area contributed by atoms with Crippen molar-refractivity contribution in [1.82, 2.24) is 4.98 Å². The van der Waals surface area contributed by atoms with Gasteiger partial charge in [-0.25, -0.2) is 4.39 Å². The molecule has 13 heavy (non-hydrogen) atoms. The van der Waals surface area contributed by atoms with E-state index in [2.05, 4.69) is 4.98 Å². The Kier molecular flexibility index (Phi) is 1.72. The van der Waals surface area contributed by atoms with Gasteiger partial charge in [-0.05, 0) is 13.0 Å². The minimum absolute atomic E-state index is 0.244. The third kappa shape index (κ3) is 1.08. The van der Waals surface area contributed by atoms with E-state index in [-0.39, 0.29) is 5.82 Å². The molecule has 0 amide bonds. The molecule has 3 heteroatoms. The van der Waals surface area contributed by atoms with Crippen LogP contribution in [0.25, 0.3) is 10.9 Å². The lowest BCUT2D eigenvalue weighted by Gasteiger charge is -2.04. The molecule has 0 fully saturated rings. The van der Waals surface area contributed by atoms with E-state index in [1.54, 1.807) is 13.1 Å². The van der Waals surface area contributed by atoms with Gasteiger partial charge in [0.1, 0.15) is 11.6 Å². The maximum Gasteiger partial charge on any atom is 0.131 e. The lowest BCUT2D eigenvalue weighted by Crippen LogP contribution is -1.89. The van der Waals surface area contributed by atoms with Crippen LogP contribution in [0.4, 0.5) is 4.39 Å². The number of nitrogens with one attached hydrogen (secondary N) is 1. The molecule has 2 rings (SSSR count). The molecule has 1 aromatic heterocycles. The highest BCUT2D eigenvalue weighted by Crippen LogP contribution is 2.29. The average molecular weight is 179 g/mol. The summed E-state index contributed by atoms with van der Waals surface area (Å²) >= 11 is 0. The van der Waals surface area contributed by atoms with Gasteiger partial charge in [0, 0.05) is 23.2 Å². The summed E-state index contributed by atoms with van der Waals surface area (Å²) in [5, 5.41) is 0.918. The zero-order chi connectivity index (χ0) is 9.42. The van der Waals surface area contributed by atoms with Crippen LogP contribution in [0.2, 0.25) is 0 Å². The van der Waals surface area contributed by atoms with E-state index in [1.165, 1.54) is 13.2 Å². The molecule has 0 spiro atoms. The molecule has 0 atom stereocenters. The largest absolute Gasteiger partial charge is 0.496 e. The van der Waals surface area contributed by atoms with Crippen LogP contribution >= 0.6 is 0 Å². The minimum Gasteiger partial charge on any atom is -0.496 e. The van der Waals surface area contributed by atoms with E-state index >= 15 is 0 Å². The van der Waals surface area contributed by atoms with Crippen LogP contribution in [0.5, 0.6) is 5.75 Å². The second-order valence-corrected chi connectivity index (χ2v) is 2.95. The molecular weight excluding hydrogens is 169 g/mol. The molecule has 1 N–H and O–H groups in total. The molecule has 1 aromatic carbocycles. The Morgan fingerprint density at radius 1 is 1.46 bits per heavy atom. The molecule has 0 aliphatic heterocycles. The first kappa shape index (κ1) is 8.10. The van der Waals surface area contributed by atoms with E-state index < -0.39 is 0 Å². The molecule has 0 unspecified atom stereocenters. The second kappa shape index (κ2) is 2.76. The first-order valence-corrected chi connectivity index (χ1v) is 4.04. The van der Waals surface area contributed by atoms with Gasteiger partial charge >= 0.3 is 0 Å². The summed E-state index contributed by atoms with van der Waals surface area (Å²) in [7, 11) is 1.54. The summed E-state index contributed by atoms with van der Waals surface area (Å²) in [5.74, 6) is 0.325. The summed E-state index contributed by atoms with van der Waals surface area (Å²) < 4.78 is 18.3. The van der Waals surface area contributed by atoms with Crippen molar-refractivity contribution in [3.05, 3.63) is 29.7 Å². The standard InChI is InChI=1S/C10H10FNO/c1-6-8(11)5-9(13-2)7-3-4-12-10(6)7/h3-5,12H,1-2H3. The summed E-state index contributed by atoms with van der Waals surface area (Å²) in [4.78, 5) is 2.98. The Balaban J connectivity index is 2.87. The molecule has 0 saturated heterocycles. The van der Waals surface area contributed by atoms with Crippen LogP contribution in [0.1, 0.15) is 5.56 Å². The van der Waals surface area contributed by atoms with Crippen LogP contribution in [0.15, 0.2) is 18.3 Å². The van der Waals surface area contributed by atoms with Gasteiger partial charge in [-0.2, -0.15) is 0 Å². The lowest BCUT2D eigenvalue weighted by atomic mass is 10.1. The van der Waals surface area contributed by atoms with Crippen LogP contribution < -0.4 is 4.74 Å². The highest BCUT2D eigenvalue weighted by molar-refractivity contribution is 5.88. The van der Waals surface area contributed by atoms with Crippen molar-refractivity contribution in [2.75, 3.05) is 7.11 Å². The van der Waals surface area contributed by atoms with E-state index in [9.17, 15) is 4.39 Å². The first-order valence-electron chi connectivity index (χ1n) is 4.04. The highest BCUT2D eigenvalue weighted by atomic mass is 19.1. The van der Waals surface area contributed by atoms with Crippen molar-refractivity contribution in [3.63, 3.8) is 0 Å². The number of aryl methyl sites for hydroxylation is 1. The predicted molar refractivity (Wildman–Crippen MR) is 49.5 cm³/mol. The average Bonchev–Trinajstić information content (AvgIpc) is 2.60. The van der Waals surface area contributed by atoms with Crippen molar-refractivity contribution >= 4 is 10.9 Å². The minimum atomic E-state index is -0.244. The molecule has 68 valence electrons. The zero-order valence-electron chi connectivity index (χ0n) is 7.52. The maximum atomic E-state index is 13.3. The van der Waals surface area contributed by atoms with Crippen molar-refractivity contribution in [2.45, 2.75) is 6.92 Å². The number of benzene rings is 1. The number of hydrogen-bond acceptors (Lipinski definition) is 1.